The molecule has 6 heteroatoms. The van der Waals surface area contributed by atoms with Crippen LogP contribution in [0.3, 0.4) is 0 Å². The summed E-state index contributed by atoms with van der Waals surface area (Å²) in [5.74, 6) is 0.00585. The highest BCUT2D eigenvalue weighted by atomic mass is 35.5. The Morgan fingerprint density at radius 2 is 1.69 bits per heavy atom. The Labute approximate surface area is 174 Å². The second kappa shape index (κ2) is 9.75. The van der Waals surface area contributed by atoms with Crippen LogP contribution in [-0.4, -0.2) is 18.4 Å². The van der Waals surface area contributed by atoms with E-state index in [0.29, 0.717) is 22.0 Å². The number of halogens is 1. The van der Waals surface area contributed by atoms with E-state index >= 15 is 0 Å². The molecule has 2 amide bonds. The van der Waals surface area contributed by atoms with Crippen molar-refractivity contribution in [3.63, 3.8) is 0 Å². The van der Waals surface area contributed by atoms with Gasteiger partial charge in [0.25, 0.3) is 11.8 Å². The first-order valence-electron chi connectivity index (χ1n) is 9.16. The predicted octanol–water partition coefficient (Wildman–Crippen LogP) is 4.85. The minimum atomic E-state index is -0.267. The molecule has 0 radical (unpaired) electrons. The maximum absolute atomic E-state index is 12.3. The number of anilines is 1. The van der Waals surface area contributed by atoms with E-state index in [-0.39, 0.29) is 24.5 Å². The average molecular weight is 409 g/mol. The summed E-state index contributed by atoms with van der Waals surface area (Å²) in [6, 6.07) is 23.1. The number of hydrogen-bond acceptors (Lipinski definition) is 3. The number of carbonyl (C=O) groups is 2. The molecule has 0 fully saturated rings. The topological polar surface area (TPSA) is 67.4 Å². The zero-order valence-electron chi connectivity index (χ0n) is 15.9. The summed E-state index contributed by atoms with van der Waals surface area (Å²) in [7, 11) is 0. The Balaban J connectivity index is 1.57. The molecule has 0 saturated carbocycles. The Bertz CT molecular complexity index is 992. The van der Waals surface area contributed by atoms with Crippen LogP contribution in [0.25, 0.3) is 0 Å². The molecule has 3 aromatic rings. The van der Waals surface area contributed by atoms with Gasteiger partial charge in [0.05, 0.1) is 11.1 Å². The van der Waals surface area contributed by atoms with Gasteiger partial charge in [0, 0.05) is 11.3 Å². The summed E-state index contributed by atoms with van der Waals surface area (Å²) >= 11 is 6.02. The van der Waals surface area contributed by atoms with Gasteiger partial charge in [0.2, 0.25) is 0 Å². The molecular formula is C23H21ClN2O3. The van der Waals surface area contributed by atoms with Gasteiger partial charge in [0.15, 0.2) is 6.61 Å². The molecule has 1 atom stereocenters. The lowest BCUT2D eigenvalue weighted by molar-refractivity contribution is -0.123. The first kappa shape index (κ1) is 20.4. The first-order valence-corrected chi connectivity index (χ1v) is 9.54. The van der Waals surface area contributed by atoms with E-state index in [2.05, 4.69) is 10.6 Å². The molecule has 5 nitrogen and oxygen atoms in total. The first-order chi connectivity index (χ1) is 14.0. The molecule has 3 rings (SSSR count). The molecule has 0 aliphatic carbocycles. The summed E-state index contributed by atoms with van der Waals surface area (Å²) < 4.78 is 5.46. The van der Waals surface area contributed by atoms with Gasteiger partial charge in [0.1, 0.15) is 5.75 Å². The van der Waals surface area contributed by atoms with Crippen molar-refractivity contribution in [2.75, 3.05) is 11.9 Å². The van der Waals surface area contributed by atoms with Crippen LogP contribution in [0.4, 0.5) is 5.69 Å². The Kier molecular flexibility index (Phi) is 6.87. The number of benzene rings is 3. The predicted molar refractivity (Wildman–Crippen MR) is 114 cm³/mol. The second-order valence-corrected chi connectivity index (χ2v) is 6.86. The van der Waals surface area contributed by atoms with E-state index in [0.717, 1.165) is 5.56 Å². The third-order valence-electron chi connectivity index (χ3n) is 4.25. The van der Waals surface area contributed by atoms with E-state index in [9.17, 15) is 9.59 Å². The van der Waals surface area contributed by atoms with E-state index in [4.69, 9.17) is 16.3 Å². The molecule has 0 spiro atoms. The van der Waals surface area contributed by atoms with Crippen molar-refractivity contribution in [1.82, 2.24) is 5.32 Å². The molecule has 148 valence electrons. The Hall–Kier alpha value is -3.31. The Morgan fingerprint density at radius 3 is 2.45 bits per heavy atom. The third kappa shape index (κ3) is 5.83. The van der Waals surface area contributed by atoms with Gasteiger partial charge in [-0.25, -0.2) is 0 Å². The normalized spacial score (nSPS) is 11.4. The fourth-order valence-electron chi connectivity index (χ4n) is 2.75. The van der Waals surface area contributed by atoms with Crippen LogP contribution in [0, 0.1) is 0 Å². The lowest BCUT2D eigenvalue weighted by atomic mass is 10.1. The Morgan fingerprint density at radius 1 is 0.966 bits per heavy atom. The number of nitrogens with one attached hydrogen (secondary N) is 2. The molecule has 2 N–H and O–H groups in total. The van der Waals surface area contributed by atoms with Crippen LogP contribution < -0.4 is 15.4 Å². The molecule has 0 bridgehead atoms. The zero-order chi connectivity index (χ0) is 20.6. The van der Waals surface area contributed by atoms with Crippen molar-refractivity contribution in [2.24, 2.45) is 0 Å². The van der Waals surface area contributed by atoms with Crippen molar-refractivity contribution < 1.29 is 14.3 Å². The van der Waals surface area contributed by atoms with E-state index in [1.54, 1.807) is 42.5 Å². The van der Waals surface area contributed by atoms with Crippen LogP contribution in [0.1, 0.15) is 28.9 Å². The largest absolute Gasteiger partial charge is 0.482 e. The number of ether oxygens (including phenoxy) is 1. The number of amides is 2. The highest BCUT2D eigenvalue weighted by Gasteiger charge is 2.12. The highest BCUT2D eigenvalue weighted by molar-refractivity contribution is 6.32. The zero-order valence-corrected chi connectivity index (χ0v) is 16.6. The quantitative estimate of drug-likeness (QED) is 0.587. The summed E-state index contributed by atoms with van der Waals surface area (Å²) in [4.78, 5) is 24.5. The van der Waals surface area contributed by atoms with Crippen molar-refractivity contribution in [2.45, 2.75) is 13.0 Å². The monoisotopic (exact) mass is 408 g/mol. The van der Waals surface area contributed by atoms with Crippen molar-refractivity contribution >= 4 is 29.1 Å². The third-order valence-corrected chi connectivity index (χ3v) is 4.57. The van der Waals surface area contributed by atoms with Gasteiger partial charge in [-0.1, -0.05) is 54.1 Å². The fraction of sp³-hybridized carbons (Fsp3) is 0.130. The molecule has 1 unspecified atom stereocenters. The van der Waals surface area contributed by atoms with Crippen LogP contribution in [0.5, 0.6) is 5.75 Å². The second-order valence-electron chi connectivity index (χ2n) is 6.45. The standard InChI is InChI=1S/C23H21ClN2O3/c1-16(25-22(27)15-29-21-13-6-5-12-20(21)24)18-10-7-11-19(14-18)26-23(28)17-8-3-2-4-9-17/h2-14,16H,15H2,1H3,(H,25,27)(H,26,28). The van der Waals surface area contributed by atoms with Gasteiger partial charge < -0.3 is 15.4 Å². The van der Waals surface area contributed by atoms with Crippen LogP contribution in [-0.2, 0) is 4.79 Å². The smallest absolute Gasteiger partial charge is 0.258 e. The van der Waals surface area contributed by atoms with Gasteiger partial charge in [-0.3, -0.25) is 9.59 Å². The number of para-hydroxylation sites is 1. The van der Waals surface area contributed by atoms with E-state index in [1.165, 1.54) is 0 Å². The molecule has 29 heavy (non-hydrogen) atoms. The number of carbonyl (C=O) groups excluding carboxylic acids is 2. The molecular weight excluding hydrogens is 388 g/mol. The maximum atomic E-state index is 12.3. The van der Waals surface area contributed by atoms with Crippen LogP contribution in [0.15, 0.2) is 78.9 Å². The van der Waals surface area contributed by atoms with Crippen molar-refractivity contribution in [1.29, 1.82) is 0 Å². The van der Waals surface area contributed by atoms with Crippen LogP contribution in [0.2, 0.25) is 5.02 Å². The molecule has 0 aliphatic heterocycles. The van der Waals surface area contributed by atoms with E-state index in [1.807, 2.05) is 43.3 Å². The SMILES string of the molecule is CC(NC(=O)COc1ccccc1Cl)c1cccc(NC(=O)c2ccccc2)c1. The molecule has 0 heterocycles. The number of hydrogen-bond donors (Lipinski definition) is 2. The van der Waals surface area contributed by atoms with Gasteiger partial charge in [-0.2, -0.15) is 0 Å². The summed E-state index contributed by atoms with van der Waals surface area (Å²) in [6.45, 7) is 1.73. The maximum Gasteiger partial charge on any atom is 0.258 e. The fourth-order valence-corrected chi connectivity index (χ4v) is 2.94. The molecule has 0 aromatic heterocycles. The van der Waals surface area contributed by atoms with Crippen molar-refractivity contribution in [3.05, 3.63) is 95.0 Å². The summed E-state index contributed by atoms with van der Waals surface area (Å²) in [5.41, 5.74) is 2.10. The van der Waals surface area contributed by atoms with Gasteiger partial charge in [-0.15, -0.1) is 0 Å². The van der Waals surface area contributed by atoms with Gasteiger partial charge >= 0.3 is 0 Å². The average Bonchev–Trinajstić information content (AvgIpc) is 2.74. The molecule has 0 saturated heterocycles. The van der Waals surface area contributed by atoms with Gasteiger partial charge in [-0.05, 0) is 48.9 Å². The number of rotatable bonds is 7. The lowest BCUT2D eigenvalue weighted by Crippen LogP contribution is -2.31. The highest BCUT2D eigenvalue weighted by Crippen LogP contribution is 2.23. The van der Waals surface area contributed by atoms with E-state index < -0.39 is 0 Å². The molecule has 3 aromatic carbocycles. The summed E-state index contributed by atoms with van der Waals surface area (Å²) in [5, 5.41) is 6.20. The van der Waals surface area contributed by atoms with Crippen molar-refractivity contribution in [3.8, 4) is 5.75 Å². The molecule has 0 aliphatic rings. The minimum absolute atomic E-state index is 0.140. The summed E-state index contributed by atoms with van der Waals surface area (Å²) in [6.07, 6.45) is 0. The lowest BCUT2D eigenvalue weighted by Gasteiger charge is -2.16. The minimum Gasteiger partial charge on any atom is -0.482 e. The van der Waals surface area contributed by atoms with Crippen LogP contribution >= 0.6 is 11.6 Å².